The average Bonchev–Trinajstić information content (AvgIpc) is 3.13. The fraction of sp³-hybridized carbons (Fsp3) is 0.733. The number of alkyl halides is 1. The molecule has 0 N–H and O–H groups in total. The quantitative estimate of drug-likeness (QED) is 0.763. The molecule has 1 aliphatic rings. The van der Waals surface area contributed by atoms with Gasteiger partial charge >= 0.3 is 0 Å². The van der Waals surface area contributed by atoms with Gasteiger partial charge in [0.2, 0.25) is 0 Å². The molecular formula is C15H23ClN4S. The molecule has 0 aromatic carbocycles. The van der Waals surface area contributed by atoms with E-state index in [0.717, 1.165) is 42.8 Å². The van der Waals surface area contributed by atoms with Gasteiger partial charge in [-0.25, -0.2) is 4.98 Å². The second-order valence-corrected chi connectivity index (χ2v) is 7.49. The number of aryl methyl sites for hydroxylation is 3. The first-order chi connectivity index (χ1) is 10.2. The molecule has 0 spiro atoms. The van der Waals surface area contributed by atoms with Gasteiger partial charge in [-0.1, -0.05) is 13.3 Å². The third kappa shape index (κ3) is 2.95. The molecule has 0 aliphatic carbocycles. The molecule has 1 aliphatic heterocycles. The Morgan fingerprint density at radius 1 is 1.38 bits per heavy atom. The van der Waals surface area contributed by atoms with Gasteiger partial charge in [-0.15, -0.1) is 11.6 Å². The highest BCUT2D eigenvalue weighted by Crippen LogP contribution is 2.30. The second kappa shape index (κ2) is 6.61. The van der Waals surface area contributed by atoms with Crippen molar-refractivity contribution in [3.05, 3.63) is 11.5 Å². The highest BCUT2D eigenvalue weighted by Gasteiger charge is 2.23. The van der Waals surface area contributed by atoms with E-state index in [4.69, 9.17) is 16.6 Å². The number of aromatic nitrogens is 4. The predicted octanol–water partition coefficient (Wildman–Crippen LogP) is 3.40. The topological polar surface area (TPSA) is 35.6 Å². The minimum Gasteiger partial charge on any atom is -0.312 e. The van der Waals surface area contributed by atoms with Crippen molar-refractivity contribution in [2.24, 2.45) is 7.05 Å². The summed E-state index contributed by atoms with van der Waals surface area (Å²) in [5.74, 6) is 3.04. The summed E-state index contributed by atoms with van der Waals surface area (Å²) in [6, 6.07) is 0. The summed E-state index contributed by atoms with van der Waals surface area (Å²) < 4.78 is 4.37. The lowest BCUT2D eigenvalue weighted by atomic mass is 10.2. The van der Waals surface area contributed by atoms with Crippen LogP contribution in [0.3, 0.4) is 0 Å². The van der Waals surface area contributed by atoms with E-state index in [9.17, 15) is 0 Å². The van der Waals surface area contributed by atoms with Crippen molar-refractivity contribution in [1.82, 2.24) is 19.3 Å². The van der Waals surface area contributed by atoms with Gasteiger partial charge in [-0.05, 0) is 25.0 Å². The number of fused-ring (bicyclic) bond motifs is 1. The molecule has 0 amide bonds. The Bertz CT molecular complexity index is 613. The van der Waals surface area contributed by atoms with E-state index >= 15 is 0 Å². The number of nitrogens with zero attached hydrogens (tertiary/aromatic N) is 4. The van der Waals surface area contributed by atoms with Crippen LogP contribution in [0.25, 0.3) is 11.2 Å². The van der Waals surface area contributed by atoms with Crippen LogP contribution in [-0.4, -0.2) is 36.2 Å². The summed E-state index contributed by atoms with van der Waals surface area (Å²) in [6.07, 6.45) is 5.57. The van der Waals surface area contributed by atoms with E-state index in [-0.39, 0.29) is 0 Å². The lowest BCUT2D eigenvalue weighted by molar-refractivity contribution is 0.606. The maximum Gasteiger partial charge on any atom is 0.158 e. The van der Waals surface area contributed by atoms with Crippen molar-refractivity contribution in [2.45, 2.75) is 50.8 Å². The maximum absolute atomic E-state index is 5.98. The first-order valence-corrected chi connectivity index (χ1v) is 9.41. The van der Waals surface area contributed by atoms with Crippen molar-refractivity contribution in [3.63, 3.8) is 0 Å². The summed E-state index contributed by atoms with van der Waals surface area (Å²) in [5.41, 5.74) is 3.39. The number of imidazole rings is 1. The van der Waals surface area contributed by atoms with Gasteiger partial charge in [0, 0.05) is 31.1 Å². The summed E-state index contributed by atoms with van der Waals surface area (Å²) in [5, 5.41) is 5.38. The molecule has 0 radical (unpaired) electrons. The Morgan fingerprint density at radius 2 is 2.24 bits per heavy atom. The minimum atomic E-state index is 0.623. The molecule has 21 heavy (non-hydrogen) atoms. The van der Waals surface area contributed by atoms with E-state index in [1.165, 1.54) is 24.2 Å². The van der Waals surface area contributed by atoms with E-state index in [2.05, 4.69) is 28.4 Å². The molecule has 0 bridgehead atoms. The van der Waals surface area contributed by atoms with Crippen LogP contribution in [0, 0.1) is 0 Å². The summed E-state index contributed by atoms with van der Waals surface area (Å²) >= 11 is 8.07. The van der Waals surface area contributed by atoms with Crippen LogP contribution in [0.15, 0.2) is 0 Å². The Morgan fingerprint density at radius 3 is 2.90 bits per heavy atom. The molecule has 3 heterocycles. The predicted molar refractivity (Wildman–Crippen MR) is 90.4 cm³/mol. The van der Waals surface area contributed by atoms with E-state index < -0.39 is 0 Å². The molecule has 1 unspecified atom stereocenters. The van der Waals surface area contributed by atoms with Gasteiger partial charge in [-0.2, -0.15) is 16.9 Å². The maximum atomic E-state index is 5.98. The fourth-order valence-electron chi connectivity index (χ4n) is 3.15. The van der Waals surface area contributed by atoms with E-state index in [1.807, 2.05) is 11.7 Å². The van der Waals surface area contributed by atoms with Crippen LogP contribution in [0.5, 0.6) is 0 Å². The number of halogens is 1. The number of hydrogen-bond acceptors (Lipinski definition) is 3. The van der Waals surface area contributed by atoms with Crippen molar-refractivity contribution >= 4 is 34.5 Å². The average molecular weight is 327 g/mol. The van der Waals surface area contributed by atoms with Crippen LogP contribution in [0.4, 0.5) is 0 Å². The molecular weight excluding hydrogens is 304 g/mol. The summed E-state index contributed by atoms with van der Waals surface area (Å²) in [4.78, 5) is 4.87. The van der Waals surface area contributed by atoms with Gasteiger partial charge < -0.3 is 4.57 Å². The van der Waals surface area contributed by atoms with E-state index in [1.54, 1.807) is 0 Å². The molecule has 1 atom stereocenters. The van der Waals surface area contributed by atoms with Gasteiger partial charge in [0.05, 0.1) is 5.69 Å². The Kier molecular flexibility index (Phi) is 4.79. The number of hydrogen-bond donors (Lipinski definition) is 0. The van der Waals surface area contributed by atoms with Crippen molar-refractivity contribution in [3.8, 4) is 0 Å². The number of thioether (sulfide) groups is 1. The number of rotatable bonds is 6. The lowest BCUT2D eigenvalue weighted by Crippen LogP contribution is -2.15. The Balaban J connectivity index is 2.02. The molecule has 0 saturated carbocycles. The highest BCUT2D eigenvalue weighted by molar-refractivity contribution is 8.00. The molecule has 6 heteroatoms. The molecule has 3 rings (SSSR count). The standard InChI is InChI=1S/C15H23ClN4S/c1-3-5-12-14-15(19(2)18-12)20(13(17-14)7-8-16)10-11-6-4-9-21-11/h11H,3-10H2,1-2H3. The zero-order valence-electron chi connectivity index (χ0n) is 12.8. The molecule has 4 nitrogen and oxygen atoms in total. The third-order valence-corrected chi connectivity index (χ3v) is 5.66. The van der Waals surface area contributed by atoms with Crippen LogP contribution < -0.4 is 0 Å². The first-order valence-electron chi connectivity index (χ1n) is 7.83. The summed E-state index contributed by atoms with van der Waals surface area (Å²) in [7, 11) is 2.03. The van der Waals surface area contributed by atoms with Gasteiger partial charge in [-0.3, -0.25) is 4.68 Å². The van der Waals surface area contributed by atoms with E-state index in [0.29, 0.717) is 11.1 Å². The molecule has 2 aromatic rings. The largest absolute Gasteiger partial charge is 0.312 e. The smallest absolute Gasteiger partial charge is 0.158 e. The molecule has 2 aromatic heterocycles. The Labute approximate surface area is 135 Å². The Hall–Kier alpha value is -0.680. The normalized spacial score (nSPS) is 18.9. The molecule has 116 valence electrons. The first kappa shape index (κ1) is 15.2. The highest BCUT2D eigenvalue weighted by atomic mass is 35.5. The zero-order chi connectivity index (χ0) is 14.8. The third-order valence-electron chi connectivity index (χ3n) is 4.09. The monoisotopic (exact) mass is 326 g/mol. The van der Waals surface area contributed by atoms with Crippen molar-refractivity contribution in [1.29, 1.82) is 0 Å². The van der Waals surface area contributed by atoms with Crippen LogP contribution in [0.2, 0.25) is 0 Å². The molecule has 1 fully saturated rings. The van der Waals surface area contributed by atoms with Crippen LogP contribution in [0.1, 0.15) is 37.7 Å². The van der Waals surface area contributed by atoms with Crippen LogP contribution in [-0.2, 0) is 26.4 Å². The fourth-order valence-corrected chi connectivity index (χ4v) is 4.57. The lowest BCUT2D eigenvalue weighted by Gasteiger charge is -2.13. The van der Waals surface area contributed by atoms with Gasteiger partial charge in [0.1, 0.15) is 11.3 Å². The minimum absolute atomic E-state index is 0.623. The SMILES string of the molecule is CCCc1nn(C)c2c1nc(CCCl)n2CC1CCCS1. The van der Waals surface area contributed by atoms with Gasteiger partial charge in [0.15, 0.2) is 5.65 Å². The summed E-state index contributed by atoms with van der Waals surface area (Å²) in [6.45, 7) is 3.23. The van der Waals surface area contributed by atoms with Crippen molar-refractivity contribution in [2.75, 3.05) is 11.6 Å². The van der Waals surface area contributed by atoms with Gasteiger partial charge in [0.25, 0.3) is 0 Å². The van der Waals surface area contributed by atoms with Crippen molar-refractivity contribution < 1.29 is 0 Å². The molecule has 1 saturated heterocycles. The second-order valence-electron chi connectivity index (χ2n) is 5.71. The van der Waals surface area contributed by atoms with Crippen LogP contribution >= 0.6 is 23.4 Å². The zero-order valence-corrected chi connectivity index (χ0v) is 14.4.